The molecule has 0 saturated carbocycles. The normalized spacial score (nSPS) is 12.8. The van der Waals surface area contributed by atoms with Crippen molar-refractivity contribution in [2.24, 2.45) is 5.73 Å². The second-order valence-electron chi connectivity index (χ2n) is 5.76. The number of ether oxygens (including phenoxy) is 2. The smallest absolute Gasteiger partial charge is 0.255 e. The van der Waals surface area contributed by atoms with Crippen LogP contribution in [0.5, 0.6) is 11.5 Å². The van der Waals surface area contributed by atoms with Crippen molar-refractivity contribution < 1.29 is 19.1 Å². The van der Waals surface area contributed by atoms with Crippen molar-refractivity contribution in [3.63, 3.8) is 0 Å². The molecule has 0 unspecified atom stereocenters. The van der Waals surface area contributed by atoms with Gasteiger partial charge in [-0.15, -0.1) is 0 Å². The lowest BCUT2D eigenvalue weighted by Crippen LogP contribution is -2.30. The minimum atomic E-state index is -0.334. The molecule has 3 rings (SSSR count). The van der Waals surface area contributed by atoms with Gasteiger partial charge in [-0.3, -0.25) is 9.59 Å². The molecule has 0 saturated heterocycles. The number of carbonyl (C=O) groups excluding carboxylic acids is 2. The fraction of sp³-hybridized carbons (Fsp3) is 0.263. The lowest BCUT2D eigenvalue weighted by Gasteiger charge is -2.12. The molecule has 2 aromatic rings. The van der Waals surface area contributed by atoms with Crippen LogP contribution in [-0.4, -0.2) is 38.1 Å². The van der Waals surface area contributed by atoms with E-state index in [2.05, 4.69) is 10.6 Å². The van der Waals surface area contributed by atoms with E-state index in [0.717, 1.165) is 6.42 Å². The third-order valence-corrected chi connectivity index (χ3v) is 3.86. The highest BCUT2D eigenvalue weighted by atomic mass is 16.5. The Bertz CT molecular complexity index is 807. The SMILES string of the molecule is NCCNC(=O)c1ccccc1NC(=O)c1ccc2c(c1)OCCCO2. The van der Waals surface area contributed by atoms with Crippen molar-refractivity contribution in [2.45, 2.75) is 6.42 Å². The number of nitrogens with one attached hydrogen (secondary N) is 2. The zero-order valence-corrected chi connectivity index (χ0v) is 14.3. The average molecular weight is 355 g/mol. The molecule has 0 bridgehead atoms. The van der Waals surface area contributed by atoms with Gasteiger partial charge >= 0.3 is 0 Å². The third-order valence-electron chi connectivity index (χ3n) is 3.86. The summed E-state index contributed by atoms with van der Waals surface area (Å²) in [5.41, 5.74) is 6.64. The van der Waals surface area contributed by atoms with E-state index in [1.165, 1.54) is 0 Å². The van der Waals surface area contributed by atoms with Crippen molar-refractivity contribution in [3.8, 4) is 11.5 Å². The molecule has 0 aliphatic carbocycles. The molecule has 2 aromatic carbocycles. The number of rotatable bonds is 5. The Hall–Kier alpha value is -3.06. The minimum Gasteiger partial charge on any atom is -0.490 e. The van der Waals surface area contributed by atoms with Crippen LogP contribution in [0.15, 0.2) is 42.5 Å². The molecular weight excluding hydrogens is 334 g/mol. The Morgan fingerprint density at radius 3 is 2.58 bits per heavy atom. The summed E-state index contributed by atoms with van der Waals surface area (Å²) in [6, 6.07) is 11.8. The van der Waals surface area contributed by atoms with Gasteiger partial charge in [-0.2, -0.15) is 0 Å². The molecule has 1 aliphatic heterocycles. The Morgan fingerprint density at radius 1 is 1.00 bits per heavy atom. The highest BCUT2D eigenvalue weighted by Crippen LogP contribution is 2.30. The van der Waals surface area contributed by atoms with Gasteiger partial charge in [-0.25, -0.2) is 0 Å². The van der Waals surface area contributed by atoms with E-state index in [1.807, 2.05) is 0 Å². The van der Waals surface area contributed by atoms with Crippen molar-refractivity contribution in [1.29, 1.82) is 0 Å². The van der Waals surface area contributed by atoms with Crippen LogP contribution in [0, 0.1) is 0 Å². The maximum Gasteiger partial charge on any atom is 0.255 e. The quantitative estimate of drug-likeness (QED) is 0.759. The standard InChI is InChI=1S/C19H21N3O4/c20-8-9-21-19(24)14-4-1-2-5-15(14)22-18(23)13-6-7-16-17(12-13)26-11-3-10-25-16/h1-2,4-7,12H,3,8-11,20H2,(H,21,24)(H,22,23). The summed E-state index contributed by atoms with van der Waals surface area (Å²) in [5, 5.41) is 5.48. The average Bonchev–Trinajstić information content (AvgIpc) is 2.91. The number of amides is 2. The fourth-order valence-corrected chi connectivity index (χ4v) is 2.57. The largest absolute Gasteiger partial charge is 0.490 e. The van der Waals surface area contributed by atoms with Gasteiger partial charge < -0.3 is 25.8 Å². The lowest BCUT2D eigenvalue weighted by molar-refractivity contribution is 0.0955. The van der Waals surface area contributed by atoms with Crippen LogP contribution in [0.1, 0.15) is 27.1 Å². The number of anilines is 1. The third kappa shape index (κ3) is 4.12. The van der Waals surface area contributed by atoms with Gasteiger partial charge in [0.05, 0.1) is 24.5 Å². The number of fused-ring (bicyclic) bond motifs is 1. The predicted octanol–water partition coefficient (Wildman–Crippen LogP) is 1.79. The van der Waals surface area contributed by atoms with Crippen LogP contribution in [0.2, 0.25) is 0 Å². The number of benzene rings is 2. The molecule has 0 fully saturated rings. The predicted molar refractivity (Wildman–Crippen MR) is 97.8 cm³/mol. The molecule has 0 radical (unpaired) electrons. The van der Waals surface area contributed by atoms with Crippen LogP contribution in [-0.2, 0) is 0 Å². The highest BCUT2D eigenvalue weighted by molar-refractivity contribution is 6.09. The molecule has 2 amide bonds. The van der Waals surface area contributed by atoms with Gasteiger partial charge in [0.15, 0.2) is 11.5 Å². The van der Waals surface area contributed by atoms with Gasteiger partial charge in [0.1, 0.15) is 0 Å². The Balaban J connectivity index is 1.78. The van der Waals surface area contributed by atoms with Crippen LogP contribution >= 0.6 is 0 Å². The molecule has 0 aromatic heterocycles. The van der Waals surface area contributed by atoms with E-state index < -0.39 is 0 Å². The number of carbonyl (C=O) groups is 2. The van der Waals surface area contributed by atoms with Gasteiger partial charge in [0, 0.05) is 25.1 Å². The minimum absolute atomic E-state index is 0.287. The maximum absolute atomic E-state index is 12.6. The molecule has 136 valence electrons. The molecular formula is C19H21N3O4. The highest BCUT2D eigenvalue weighted by Gasteiger charge is 2.16. The monoisotopic (exact) mass is 355 g/mol. The van der Waals surface area contributed by atoms with Gasteiger partial charge in [0.2, 0.25) is 0 Å². The van der Waals surface area contributed by atoms with E-state index in [-0.39, 0.29) is 11.8 Å². The first-order chi connectivity index (χ1) is 12.7. The number of hydrogen-bond acceptors (Lipinski definition) is 5. The Kier molecular flexibility index (Phi) is 5.70. The summed E-state index contributed by atoms with van der Waals surface area (Å²) in [7, 11) is 0. The van der Waals surface area contributed by atoms with Crippen molar-refractivity contribution >= 4 is 17.5 Å². The Morgan fingerprint density at radius 2 is 1.77 bits per heavy atom. The van der Waals surface area contributed by atoms with Crippen LogP contribution < -0.4 is 25.8 Å². The van der Waals surface area contributed by atoms with E-state index in [9.17, 15) is 9.59 Å². The second-order valence-corrected chi connectivity index (χ2v) is 5.76. The van der Waals surface area contributed by atoms with Crippen LogP contribution in [0.25, 0.3) is 0 Å². The molecule has 7 heteroatoms. The van der Waals surface area contributed by atoms with Crippen molar-refractivity contribution in [3.05, 3.63) is 53.6 Å². The zero-order chi connectivity index (χ0) is 18.4. The topological polar surface area (TPSA) is 103 Å². The molecule has 4 N–H and O–H groups in total. The van der Waals surface area contributed by atoms with E-state index in [4.69, 9.17) is 15.2 Å². The lowest BCUT2D eigenvalue weighted by atomic mass is 10.1. The van der Waals surface area contributed by atoms with Crippen molar-refractivity contribution in [1.82, 2.24) is 5.32 Å². The maximum atomic E-state index is 12.6. The van der Waals surface area contributed by atoms with E-state index >= 15 is 0 Å². The van der Waals surface area contributed by atoms with Crippen LogP contribution in [0.3, 0.4) is 0 Å². The van der Waals surface area contributed by atoms with E-state index in [0.29, 0.717) is 54.6 Å². The van der Waals surface area contributed by atoms with Gasteiger partial charge in [-0.1, -0.05) is 12.1 Å². The molecule has 0 atom stereocenters. The molecule has 1 aliphatic rings. The van der Waals surface area contributed by atoms with Gasteiger partial charge in [0.25, 0.3) is 11.8 Å². The number of hydrogen-bond donors (Lipinski definition) is 3. The summed E-state index contributed by atoms with van der Waals surface area (Å²) in [5.74, 6) is 0.550. The van der Waals surface area contributed by atoms with E-state index in [1.54, 1.807) is 42.5 Å². The fourth-order valence-electron chi connectivity index (χ4n) is 2.57. The summed E-state index contributed by atoms with van der Waals surface area (Å²) in [4.78, 5) is 24.8. The molecule has 0 spiro atoms. The molecule has 7 nitrogen and oxygen atoms in total. The summed E-state index contributed by atoms with van der Waals surface area (Å²) >= 11 is 0. The summed E-state index contributed by atoms with van der Waals surface area (Å²) in [6.45, 7) is 1.84. The Labute approximate surface area is 151 Å². The molecule has 26 heavy (non-hydrogen) atoms. The zero-order valence-electron chi connectivity index (χ0n) is 14.3. The first-order valence-corrected chi connectivity index (χ1v) is 8.47. The number of nitrogens with two attached hydrogens (primary N) is 1. The second kappa shape index (κ2) is 8.35. The van der Waals surface area contributed by atoms with Gasteiger partial charge in [-0.05, 0) is 30.3 Å². The first-order valence-electron chi connectivity index (χ1n) is 8.47. The summed E-state index contributed by atoms with van der Waals surface area (Å²) in [6.07, 6.45) is 0.793. The number of para-hydroxylation sites is 1. The van der Waals surface area contributed by atoms with Crippen molar-refractivity contribution in [2.75, 3.05) is 31.6 Å². The first kappa shape index (κ1) is 17.8. The summed E-state index contributed by atoms with van der Waals surface area (Å²) < 4.78 is 11.2. The van der Waals surface area contributed by atoms with Crippen LogP contribution in [0.4, 0.5) is 5.69 Å². The molecule has 1 heterocycles.